The minimum atomic E-state index is -0.430. The number of para-hydroxylation sites is 1. The van der Waals surface area contributed by atoms with Gasteiger partial charge in [0, 0.05) is 24.3 Å². The molecule has 0 unspecified atom stereocenters. The highest BCUT2D eigenvalue weighted by Gasteiger charge is 2.35. The summed E-state index contributed by atoms with van der Waals surface area (Å²) >= 11 is 0. The van der Waals surface area contributed by atoms with Crippen molar-refractivity contribution in [3.8, 4) is 0 Å². The van der Waals surface area contributed by atoms with E-state index in [1.54, 1.807) is 17.0 Å². The summed E-state index contributed by atoms with van der Waals surface area (Å²) in [6.45, 7) is 6.57. The monoisotopic (exact) mass is 354 g/mol. The zero-order valence-electron chi connectivity index (χ0n) is 15.3. The number of benzene rings is 2. The van der Waals surface area contributed by atoms with Crippen molar-refractivity contribution in [1.82, 2.24) is 0 Å². The summed E-state index contributed by atoms with van der Waals surface area (Å²) in [5.74, 6) is -1.07. The molecule has 2 amide bonds. The largest absolute Gasteiger partial charge is 0.326 e. The highest BCUT2D eigenvalue weighted by molar-refractivity contribution is 6.03. The number of rotatable bonds is 3. The number of hydrogen-bond acceptors (Lipinski definition) is 2. The van der Waals surface area contributed by atoms with E-state index in [0.717, 1.165) is 11.3 Å². The van der Waals surface area contributed by atoms with Crippen molar-refractivity contribution in [2.75, 3.05) is 16.8 Å². The van der Waals surface area contributed by atoms with Crippen LogP contribution in [0.3, 0.4) is 0 Å². The lowest BCUT2D eigenvalue weighted by Gasteiger charge is -2.23. The third kappa shape index (κ3) is 3.77. The maximum Gasteiger partial charge on any atom is 0.229 e. The Balaban J connectivity index is 1.74. The second-order valence-corrected chi connectivity index (χ2v) is 7.67. The van der Waals surface area contributed by atoms with Crippen LogP contribution < -0.4 is 10.2 Å². The fraction of sp³-hybridized carbons (Fsp3) is 0.333. The Morgan fingerprint density at radius 2 is 1.77 bits per heavy atom. The second kappa shape index (κ2) is 6.90. The van der Waals surface area contributed by atoms with E-state index in [9.17, 15) is 14.0 Å². The summed E-state index contributed by atoms with van der Waals surface area (Å²) in [7, 11) is 0. The first-order chi connectivity index (χ1) is 12.3. The number of nitrogens with zero attached hydrogens (tertiary/aromatic N) is 1. The zero-order valence-corrected chi connectivity index (χ0v) is 15.3. The van der Waals surface area contributed by atoms with Gasteiger partial charge in [0.2, 0.25) is 11.8 Å². The normalized spacial score (nSPS) is 17.5. The second-order valence-electron chi connectivity index (χ2n) is 7.67. The predicted molar refractivity (Wildman–Crippen MR) is 101 cm³/mol. The third-order valence-corrected chi connectivity index (χ3v) is 4.63. The highest BCUT2D eigenvalue weighted by atomic mass is 19.1. The van der Waals surface area contributed by atoms with Crippen LogP contribution in [-0.2, 0) is 15.0 Å². The molecule has 2 aromatic rings. The molecule has 1 saturated heterocycles. The van der Waals surface area contributed by atoms with Gasteiger partial charge in [0.25, 0.3) is 0 Å². The Bertz CT molecular complexity index is 825. The molecule has 1 aliphatic rings. The van der Waals surface area contributed by atoms with E-state index in [-0.39, 0.29) is 29.5 Å². The van der Waals surface area contributed by atoms with E-state index in [1.165, 1.54) is 12.1 Å². The van der Waals surface area contributed by atoms with Gasteiger partial charge in [-0.1, -0.05) is 39.0 Å². The standard InChI is InChI=1S/C21H23FN2O2/c1-21(2,3)17-6-4-5-7-18(17)23-20(26)14-12-19(25)24(13-14)16-10-8-15(22)9-11-16/h4-11,14H,12-13H2,1-3H3,(H,23,26)/t14-/m0/s1. The molecule has 1 N–H and O–H groups in total. The lowest BCUT2D eigenvalue weighted by molar-refractivity contribution is -0.122. The molecule has 3 rings (SSSR count). The van der Waals surface area contributed by atoms with Gasteiger partial charge in [-0.3, -0.25) is 9.59 Å². The molecule has 0 bridgehead atoms. The Kier molecular flexibility index (Phi) is 4.81. The maximum absolute atomic E-state index is 13.1. The number of hydrogen-bond donors (Lipinski definition) is 1. The van der Waals surface area contributed by atoms with Crippen LogP contribution in [0.1, 0.15) is 32.8 Å². The van der Waals surface area contributed by atoms with E-state index in [0.29, 0.717) is 12.2 Å². The molecular weight excluding hydrogens is 331 g/mol. The number of amides is 2. The van der Waals surface area contributed by atoms with Gasteiger partial charge in [-0.15, -0.1) is 0 Å². The van der Waals surface area contributed by atoms with Gasteiger partial charge in [0.1, 0.15) is 5.82 Å². The van der Waals surface area contributed by atoms with E-state index >= 15 is 0 Å². The molecule has 4 nitrogen and oxygen atoms in total. The van der Waals surface area contributed by atoms with Crippen molar-refractivity contribution in [1.29, 1.82) is 0 Å². The van der Waals surface area contributed by atoms with Crippen molar-refractivity contribution in [3.63, 3.8) is 0 Å². The SMILES string of the molecule is CC(C)(C)c1ccccc1NC(=O)[C@H]1CC(=O)N(c2ccc(F)cc2)C1. The molecule has 0 spiro atoms. The fourth-order valence-corrected chi connectivity index (χ4v) is 3.23. The van der Waals surface area contributed by atoms with Crippen molar-refractivity contribution >= 4 is 23.2 Å². The summed E-state index contributed by atoms with van der Waals surface area (Å²) in [6, 6.07) is 13.5. The topological polar surface area (TPSA) is 49.4 Å². The van der Waals surface area contributed by atoms with Gasteiger partial charge in [-0.2, -0.15) is 0 Å². The third-order valence-electron chi connectivity index (χ3n) is 4.63. The first-order valence-corrected chi connectivity index (χ1v) is 8.72. The molecule has 1 fully saturated rings. The van der Waals surface area contributed by atoms with Crippen LogP contribution in [-0.4, -0.2) is 18.4 Å². The minimum Gasteiger partial charge on any atom is -0.326 e. The molecule has 0 aromatic heterocycles. The van der Waals surface area contributed by atoms with Gasteiger partial charge in [0.15, 0.2) is 0 Å². The van der Waals surface area contributed by atoms with Gasteiger partial charge < -0.3 is 10.2 Å². The fourth-order valence-electron chi connectivity index (χ4n) is 3.23. The number of carbonyl (C=O) groups excluding carboxylic acids is 2. The molecule has 136 valence electrons. The Morgan fingerprint density at radius 3 is 2.42 bits per heavy atom. The molecule has 26 heavy (non-hydrogen) atoms. The molecule has 0 radical (unpaired) electrons. The Hall–Kier alpha value is -2.69. The van der Waals surface area contributed by atoms with E-state index < -0.39 is 5.92 Å². The molecule has 5 heteroatoms. The maximum atomic E-state index is 13.1. The summed E-state index contributed by atoms with van der Waals surface area (Å²) in [6.07, 6.45) is 0.154. The zero-order chi connectivity index (χ0) is 18.9. The first-order valence-electron chi connectivity index (χ1n) is 8.72. The quantitative estimate of drug-likeness (QED) is 0.902. The van der Waals surface area contributed by atoms with Crippen LogP contribution in [0.25, 0.3) is 0 Å². The van der Waals surface area contributed by atoms with Crippen LogP contribution in [0, 0.1) is 11.7 Å². The minimum absolute atomic E-state index is 0.102. The van der Waals surface area contributed by atoms with Crippen molar-refractivity contribution in [2.45, 2.75) is 32.6 Å². The summed E-state index contributed by atoms with van der Waals surface area (Å²) in [4.78, 5) is 26.6. The molecule has 1 atom stereocenters. The average molecular weight is 354 g/mol. The van der Waals surface area contributed by atoms with Crippen LogP contribution in [0.2, 0.25) is 0 Å². The number of anilines is 2. The molecule has 0 saturated carbocycles. The van der Waals surface area contributed by atoms with Crippen molar-refractivity contribution < 1.29 is 14.0 Å². The van der Waals surface area contributed by atoms with Crippen LogP contribution in [0.15, 0.2) is 48.5 Å². The van der Waals surface area contributed by atoms with E-state index in [4.69, 9.17) is 0 Å². The van der Waals surface area contributed by atoms with Gasteiger partial charge in [-0.25, -0.2) is 4.39 Å². The molecule has 1 heterocycles. The Labute approximate surface area is 153 Å². The average Bonchev–Trinajstić information content (AvgIpc) is 2.97. The summed E-state index contributed by atoms with van der Waals surface area (Å²) in [5, 5.41) is 2.98. The van der Waals surface area contributed by atoms with Gasteiger partial charge in [0.05, 0.1) is 5.92 Å². The summed E-state index contributed by atoms with van der Waals surface area (Å²) in [5.41, 5.74) is 2.34. The van der Waals surface area contributed by atoms with Gasteiger partial charge in [-0.05, 0) is 41.3 Å². The Morgan fingerprint density at radius 1 is 1.12 bits per heavy atom. The smallest absolute Gasteiger partial charge is 0.229 e. The lowest BCUT2D eigenvalue weighted by atomic mass is 9.85. The van der Waals surface area contributed by atoms with E-state index in [1.807, 2.05) is 24.3 Å². The van der Waals surface area contributed by atoms with Gasteiger partial charge >= 0.3 is 0 Å². The highest BCUT2D eigenvalue weighted by Crippen LogP contribution is 2.31. The molecule has 0 aliphatic carbocycles. The number of carbonyl (C=O) groups is 2. The molecule has 2 aromatic carbocycles. The van der Waals surface area contributed by atoms with Crippen LogP contribution in [0.5, 0.6) is 0 Å². The summed E-state index contributed by atoms with van der Waals surface area (Å²) < 4.78 is 13.1. The number of nitrogens with one attached hydrogen (secondary N) is 1. The van der Waals surface area contributed by atoms with Crippen LogP contribution >= 0.6 is 0 Å². The molecular formula is C21H23FN2O2. The van der Waals surface area contributed by atoms with Crippen LogP contribution in [0.4, 0.5) is 15.8 Å². The number of halogens is 1. The van der Waals surface area contributed by atoms with Crippen molar-refractivity contribution in [2.24, 2.45) is 5.92 Å². The van der Waals surface area contributed by atoms with E-state index in [2.05, 4.69) is 26.1 Å². The van der Waals surface area contributed by atoms with Crippen molar-refractivity contribution in [3.05, 3.63) is 59.9 Å². The molecule has 1 aliphatic heterocycles. The first kappa shape index (κ1) is 18.1. The predicted octanol–water partition coefficient (Wildman–Crippen LogP) is 4.11. The lowest BCUT2D eigenvalue weighted by Crippen LogP contribution is -2.28.